The van der Waals surface area contributed by atoms with Gasteiger partial charge in [-0.05, 0) is 47.0 Å². The van der Waals surface area contributed by atoms with Gasteiger partial charge < -0.3 is 14.5 Å². The highest BCUT2D eigenvalue weighted by atomic mass is 79.9. The fourth-order valence-corrected chi connectivity index (χ4v) is 2.76. The van der Waals surface area contributed by atoms with Crippen LogP contribution in [0.2, 0.25) is 0 Å². The number of carbonyl (C=O) groups excluding carboxylic acids is 2. The number of hydrogen-bond donors (Lipinski definition) is 0. The smallest absolute Gasteiger partial charge is 0.255 e. The quantitative estimate of drug-likeness (QED) is 0.832. The van der Waals surface area contributed by atoms with Crippen LogP contribution < -0.4 is 4.74 Å². The van der Waals surface area contributed by atoms with Crippen molar-refractivity contribution in [3.8, 4) is 5.75 Å². The number of carbonyl (C=O) groups is 2. The Bertz CT molecular complexity index is 542. The van der Waals surface area contributed by atoms with Gasteiger partial charge in [-0.25, -0.2) is 0 Å². The van der Waals surface area contributed by atoms with Crippen molar-refractivity contribution in [3.05, 3.63) is 28.2 Å². The number of likely N-dealkylation sites (N-methyl/N-ethyl adjacent to an activating group) is 1. The lowest BCUT2D eigenvalue weighted by Crippen LogP contribution is -2.39. The molecule has 0 aliphatic carbocycles. The summed E-state index contributed by atoms with van der Waals surface area (Å²) in [6.45, 7) is 1.69. The van der Waals surface area contributed by atoms with Gasteiger partial charge in [0, 0.05) is 24.6 Å². The van der Waals surface area contributed by atoms with E-state index in [1.54, 1.807) is 32.4 Å². The lowest BCUT2D eigenvalue weighted by Gasteiger charge is -2.22. The first kappa shape index (κ1) is 15.8. The first-order valence-corrected chi connectivity index (χ1v) is 7.69. The molecule has 21 heavy (non-hydrogen) atoms. The van der Waals surface area contributed by atoms with E-state index in [2.05, 4.69) is 15.9 Å². The number of benzene rings is 1. The molecule has 6 heteroatoms. The van der Waals surface area contributed by atoms with E-state index in [0.29, 0.717) is 15.8 Å². The van der Waals surface area contributed by atoms with Gasteiger partial charge in [0.1, 0.15) is 5.75 Å². The molecule has 0 saturated carbocycles. The van der Waals surface area contributed by atoms with Gasteiger partial charge in [0.2, 0.25) is 5.91 Å². The van der Waals surface area contributed by atoms with Crippen LogP contribution in [0, 0.1) is 0 Å². The SMILES string of the molecule is COc1ccc(Br)c(C(=O)N(C)CC(=O)N2CCCC2)c1. The maximum atomic E-state index is 12.5. The monoisotopic (exact) mass is 354 g/mol. The van der Waals surface area contributed by atoms with Crippen molar-refractivity contribution < 1.29 is 14.3 Å². The Morgan fingerprint density at radius 1 is 1.33 bits per heavy atom. The highest BCUT2D eigenvalue weighted by Crippen LogP contribution is 2.23. The first-order chi connectivity index (χ1) is 10.0. The molecule has 1 aromatic carbocycles. The van der Waals surface area contributed by atoms with Crippen molar-refractivity contribution in [3.63, 3.8) is 0 Å². The number of nitrogens with zero attached hydrogens (tertiary/aromatic N) is 2. The third-order valence-corrected chi connectivity index (χ3v) is 4.27. The summed E-state index contributed by atoms with van der Waals surface area (Å²) >= 11 is 3.36. The van der Waals surface area contributed by atoms with Gasteiger partial charge in [-0.15, -0.1) is 0 Å². The van der Waals surface area contributed by atoms with Crippen LogP contribution in [0.5, 0.6) is 5.75 Å². The highest BCUT2D eigenvalue weighted by Gasteiger charge is 2.22. The standard InChI is InChI=1S/C15H19BrN2O3/c1-17(10-14(19)18-7-3-4-8-18)15(20)12-9-11(21-2)5-6-13(12)16/h5-6,9H,3-4,7-8,10H2,1-2H3. The molecule has 114 valence electrons. The lowest BCUT2D eigenvalue weighted by atomic mass is 10.2. The van der Waals surface area contributed by atoms with Crippen molar-refractivity contribution in [2.24, 2.45) is 0 Å². The van der Waals surface area contributed by atoms with Crippen molar-refractivity contribution in [1.82, 2.24) is 9.80 Å². The van der Waals surface area contributed by atoms with Gasteiger partial charge in [0.25, 0.3) is 5.91 Å². The Labute approximate surface area is 133 Å². The molecule has 5 nitrogen and oxygen atoms in total. The second-order valence-corrected chi connectivity index (χ2v) is 5.95. The van der Waals surface area contributed by atoms with Crippen LogP contribution in [-0.2, 0) is 4.79 Å². The average Bonchev–Trinajstić information content (AvgIpc) is 3.01. The minimum Gasteiger partial charge on any atom is -0.497 e. The van der Waals surface area contributed by atoms with E-state index < -0.39 is 0 Å². The Kier molecular flexibility index (Phi) is 5.22. The molecule has 2 rings (SSSR count). The molecule has 0 aromatic heterocycles. The average molecular weight is 355 g/mol. The predicted molar refractivity (Wildman–Crippen MR) is 83.5 cm³/mol. The molecule has 1 saturated heterocycles. The number of methoxy groups -OCH3 is 1. The summed E-state index contributed by atoms with van der Waals surface area (Å²) in [5.41, 5.74) is 0.492. The Morgan fingerprint density at radius 2 is 2.00 bits per heavy atom. The summed E-state index contributed by atoms with van der Waals surface area (Å²) in [6, 6.07) is 5.21. The predicted octanol–water partition coefficient (Wildman–Crippen LogP) is 2.15. The van der Waals surface area contributed by atoms with E-state index >= 15 is 0 Å². The van der Waals surface area contributed by atoms with Crippen LogP contribution in [0.4, 0.5) is 0 Å². The summed E-state index contributed by atoms with van der Waals surface area (Å²) in [5, 5.41) is 0. The number of halogens is 1. The van der Waals surface area contributed by atoms with Crippen molar-refractivity contribution in [1.29, 1.82) is 0 Å². The van der Waals surface area contributed by atoms with Gasteiger partial charge in [0.15, 0.2) is 0 Å². The molecule has 0 radical (unpaired) electrons. The van der Waals surface area contributed by atoms with Gasteiger partial charge >= 0.3 is 0 Å². The molecule has 0 unspecified atom stereocenters. The molecule has 1 aliphatic rings. The number of ether oxygens (including phenoxy) is 1. The van der Waals surface area contributed by atoms with E-state index in [1.165, 1.54) is 4.90 Å². The maximum Gasteiger partial charge on any atom is 0.255 e. The van der Waals surface area contributed by atoms with Crippen LogP contribution in [0.15, 0.2) is 22.7 Å². The first-order valence-electron chi connectivity index (χ1n) is 6.89. The molecule has 1 heterocycles. The largest absolute Gasteiger partial charge is 0.497 e. The van der Waals surface area contributed by atoms with E-state index in [-0.39, 0.29) is 18.4 Å². The van der Waals surface area contributed by atoms with E-state index in [9.17, 15) is 9.59 Å². The topological polar surface area (TPSA) is 49.9 Å². The van der Waals surface area contributed by atoms with Gasteiger partial charge in [-0.1, -0.05) is 0 Å². The number of amides is 2. The third kappa shape index (κ3) is 3.75. The van der Waals surface area contributed by atoms with E-state index in [1.807, 2.05) is 4.90 Å². The number of rotatable bonds is 4. The summed E-state index contributed by atoms with van der Waals surface area (Å²) < 4.78 is 5.82. The number of likely N-dealkylation sites (tertiary alicyclic amines) is 1. The minimum atomic E-state index is -0.201. The Morgan fingerprint density at radius 3 is 2.62 bits per heavy atom. The van der Waals surface area contributed by atoms with Gasteiger partial charge in [-0.3, -0.25) is 9.59 Å². The fourth-order valence-electron chi connectivity index (χ4n) is 2.34. The summed E-state index contributed by atoms with van der Waals surface area (Å²) in [5.74, 6) is 0.413. The second-order valence-electron chi connectivity index (χ2n) is 5.09. The molecular weight excluding hydrogens is 336 g/mol. The molecular formula is C15H19BrN2O3. The lowest BCUT2D eigenvalue weighted by molar-refractivity contribution is -0.130. The zero-order valence-electron chi connectivity index (χ0n) is 12.3. The molecule has 0 N–H and O–H groups in total. The summed E-state index contributed by atoms with van der Waals surface area (Å²) in [6.07, 6.45) is 2.09. The molecule has 1 aromatic rings. The van der Waals surface area contributed by atoms with E-state index in [0.717, 1.165) is 25.9 Å². The van der Waals surface area contributed by atoms with Crippen molar-refractivity contribution >= 4 is 27.7 Å². The second kappa shape index (κ2) is 6.93. The zero-order chi connectivity index (χ0) is 15.4. The highest BCUT2D eigenvalue weighted by molar-refractivity contribution is 9.10. The van der Waals surface area contributed by atoms with E-state index in [4.69, 9.17) is 4.74 Å². The molecule has 0 spiro atoms. The number of hydrogen-bond acceptors (Lipinski definition) is 3. The van der Waals surface area contributed by atoms with Gasteiger partial charge in [-0.2, -0.15) is 0 Å². The molecule has 1 fully saturated rings. The molecule has 2 amide bonds. The van der Waals surface area contributed by atoms with Crippen molar-refractivity contribution in [2.45, 2.75) is 12.8 Å². The van der Waals surface area contributed by atoms with Crippen LogP contribution in [0.25, 0.3) is 0 Å². The fraction of sp³-hybridized carbons (Fsp3) is 0.467. The van der Waals surface area contributed by atoms with Gasteiger partial charge in [0.05, 0.1) is 19.2 Å². The molecule has 0 atom stereocenters. The van der Waals surface area contributed by atoms with Crippen molar-refractivity contribution in [2.75, 3.05) is 33.8 Å². The Hall–Kier alpha value is -1.56. The van der Waals surface area contributed by atoms with Crippen LogP contribution in [0.3, 0.4) is 0 Å². The maximum absolute atomic E-state index is 12.5. The Balaban J connectivity index is 2.06. The molecule has 0 bridgehead atoms. The summed E-state index contributed by atoms with van der Waals surface area (Å²) in [7, 11) is 3.19. The minimum absolute atomic E-state index is 0.00219. The van der Waals surface area contributed by atoms with Crippen LogP contribution in [-0.4, -0.2) is 55.4 Å². The third-order valence-electron chi connectivity index (χ3n) is 3.58. The van der Waals surface area contributed by atoms with Crippen LogP contribution >= 0.6 is 15.9 Å². The molecule has 1 aliphatic heterocycles. The zero-order valence-corrected chi connectivity index (χ0v) is 13.9. The summed E-state index contributed by atoms with van der Waals surface area (Å²) in [4.78, 5) is 27.8. The van der Waals surface area contributed by atoms with Crippen LogP contribution in [0.1, 0.15) is 23.2 Å². The normalized spacial score (nSPS) is 14.1.